The molecule has 0 saturated heterocycles. The molecule has 26 heavy (non-hydrogen) atoms. The smallest absolute Gasteiger partial charge is 0.354 e. The molecular weight excluding hydrogens is 345 g/mol. The van der Waals surface area contributed by atoms with Crippen molar-refractivity contribution in [3.8, 4) is 0 Å². The molecule has 4 nitrogen and oxygen atoms in total. The zero-order valence-corrected chi connectivity index (χ0v) is 13.8. The van der Waals surface area contributed by atoms with Gasteiger partial charge in [0, 0.05) is 18.5 Å². The number of halogens is 3. The van der Waals surface area contributed by atoms with Crippen LogP contribution >= 0.6 is 0 Å². The molecule has 0 fully saturated rings. The third kappa shape index (κ3) is 4.04. The highest BCUT2D eigenvalue weighted by atomic mass is 19.4. The Morgan fingerprint density at radius 1 is 1.15 bits per heavy atom. The molecule has 0 saturated carbocycles. The molecule has 2 amide bonds. The van der Waals surface area contributed by atoms with Gasteiger partial charge in [-0.2, -0.15) is 13.2 Å². The van der Waals surface area contributed by atoms with Crippen molar-refractivity contribution in [3.05, 3.63) is 70.8 Å². The first-order chi connectivity index (χ1) is 12.3. The number of hydrogen-bond acceptors (Lipinski definition) is 2. The van der Waals surface area contributed by atoms with Crippen molar-refractivity contribution in [2.45, 2.75) is 25.1 Å². The number of amides is 2. The van der Waals surface area contributed by atoms with E-state index in [4.69, 9.17) is 0 Å². The summed E-state index contributed by atoms with van der Waals surface area (Å²) in [5.41, 5.74) is 1.13. The Labute approximate surface area is 148 Å². The third-order valence-corrected chi connectivity index (χ3v) is 4.28. The maximum Gasteiger partial charge on any atom is 0.416 e. The highest BCUT2D eigenvalue weighted by Gasteiger charge is 2.30. The molecule has 0 aliphatic carbocycles. The zero-order chi connectivity index (χ0) is 18.7. The molecule has 136 valence electrons. The van der Waals surface area contributed by atoms with Crippen molar-refractivity contribution in [1.82, 2.24) is 10.6 Å². The molecule has 1 heterocycles. The number of fused-ring (bicyclic) bond motifs is 1. The number of carbonyl (C=O) groups is 2. The van der Waals surface area contributed by atoms with Crippen molar-refractivity contribution in [2.24, 2.45) is 0 Å². The molecule has 0 unspecified atom stereocenters. The molecule has 1 aliphatic heterocycles. The minimum atomic E-state index is -4.39. The predicted octanol–water partition coefficient (Wildman–Crippen LogP) is 2.72. The summed E-state index contributed by atoms with van der Waals surface area (Å²) >= 11 is 0. The van der Waals surface area contributed by atoms with E-state index in [0.29, 0.717) is 17.5 Å². The van der Waals surface area contributed by atoms with Crippen LogP contribution in [0, 0.1) is 0 Å². The third-order valence-electron chi connectivity index (χ3n) is 4.28. The molecule has 0 spiro atoms. The van der Waals surface area contributed by atoms with Gasteiger partial charge in [-0.25, -0.2) is 0 Å². The van der Waals surface area contributed by atoms with Crippen LogP contribution < -0.4 is 10.6 Å². The fourth-order valence-electron chi connectivity index (χ4n) is 2.94. The summed E-state index contributed by atoms with van der Waals surface area (Å²) in [5.74, 6) is -0.648. The Kier molecular flexibility index (Phi) is 4.97. The number of alkyl halides is 3. The Balaban J connectivity index is 1.56. The van der Waals surface area contributed by atoms with Gasteiger partial charge in [0.15, 0.2) is 0 Å². The first kappa shape index (κ1) is 18.0. The van der Waals surface area contributed by atoms with Gasteiger partial charge in [0.05, 0.1) is 5.56 Å². The largest absolute Gasteiger partial charge is 0.416 e. The highest BCUT2D eigenvalue weighted by molar-refractivity contribution is 6.00. The van der Waals surface area contributed by atoms with Crippen LogP contribution in [0.15, 0.2) is 48.5 Å². The molecule has 2 aromatic rings. The molecular formula is C19H17F3N2O2. The second-order valence-corrected chi connectivity index (χ2v) is 6.13. The van der Waals surface area contributed by atoms with E-state index in [9.17, 15) is 22.8 Å². The van der Waals surface area contributed by atoms with Crippen LogP contribution in [-0.2, 0) is 23.8 Å². The van der Waals surface area contributed by atoms with E-state index < -0.39 is 17.8 Å². The fourth-order valence-corrected chi connectivity index (χ4v) is 2.94. The van der Waals surface area contributed by atoms with Gasteiger partial charge in [-0.3, -0.25) is 9.59 Å². The summed E-state index contributed by atoms with van der Waals surface area (Å²) in [7, 11) is 0. The van der Waals surface area contributed by atoms with Gasteiger partial charge < -0.3 is 10.6 Å². The minimum Gasteiger partial charge on any atom is -0.354 e. The molecule has 3 rings (SSSR count). The van der Waals surface area contributed by atoms with Crippen LogP contribution in [0.3, 0.4) is 0 Å². The molecule has 2 N–H and O–H groups in total. The van der Waals surface area contributed by atoms with E-state index in [-0.39, 0.29) is 24.8 Å². The lowest BCUT2D eigenvalue weighted by Crippen LogP contribution is -2.51. The van der Waals surface area contributed by atoms with E-state index in [2.05, 4.69) is 10.6 Å². The first-order valence-corrected chi connectivity index (χ1v) is 8.17. The van der Waals surface area contributed by atoms with Gasteiger partial charge in [-0.15, -0.1) is 0 Å². The quantitative estimate of drug-likeness (QED) is 0.879. The summed E-state index contributed by atoms with van der Waals surface area (Å²) in [4.78, 5) is 24.3. The van der Waals surface area contributed by atoms with Crippen LogP contribution in [0.5, 0.6) is 0 Å². The molecule has 2 aromatic carbocycles. The van der Waals surface area contributed by atoms with Crippen LogP contribution in [0.1, 0.15) is 27.0 Å². The number of carbonyl (C=O) groups excluding carboxylic acids is 2. The number of hydrogen-bond donors (Lipinski definition) is 2. The lowest BCUT2D eigenvalue weighted by atomic mass is 9.95. The van der Waals surface area contributed by atoms with Crippen molar-refractivity contribution in [2.75, 3.05) is 6.54 Å². The lowest BCUT2D eigenvalue weighted by Gasteiger charge is -2.24. The van der Waals surface area contributed by atoms with E-state index in [1.807, 2.05) is 0 Å². The van der Waals surface area contributed by atoms with E-state index in [1.165, 1.54) is 6.07 Å². The summed E-state index contributed by atoms with van der Waals surface area (Å²) in [5, 5.41) is 5.33. The summed E-state index contributed by atoms with van der Waals surface area (Å²) < 4.78 is 38.1. The maximum atomic E-state index is 12.7. The average Bonchev–Trinajstić information content (AvgIpc) is 2.61. The van der Waals surface area contributed by atoms with Crippen molar-refractivity contribution >= 4 is 11.8 Å². The van der Waals surface area contributed by atoms with Gasteiger partial charge >= 0.3 is 6.18 Å². The lowest BCUT2D eigenvalue weighted by molar-refractivity contribution is -0.137. The summed E-state index contributed by atoms with van der Waals surface area (Å²) in [6.07, 6.45) is -3.73. The van der Waals surface area contributed by atoms with E-state index >= 15 is 0 Å². The Hall–Kier alpha value is -2.83. The number of benzene rings is 2. The van der Waals surface area contributed by atoms with Crippen LogP contribution in [0.4, 0.5) is 13.2 Å². The van der Waals surface area contributed by atoms with Gasteiger partial charge in [0.2, 0.25) is 5.91 Å². The van der Waals surface area contributed by atoms with E-state index in [0.717, 1.165) is 17.7 Å². The number of nitrogens with one attached hydrogen (secondary N) is 2. The fraction of sp³-hybridized carbons (Fsp3) is 0.263. The van der Waals surface area contributed by atoms with Gasteiger partial charge in [0.1, 0.15) is 6.04 Å². The second kappa shape index (κ2) is 7.19. The number of rotatable bonds is 4. The highest BCUT2D eigenvalue weighted by Crippen LogP contribution is 2.29. The molecule has 1 atom stereocenters. The molecule has 0 bridgehead atoms. The monoisotopic (exact) mass is 362 g/mol. The standard InChI is InChI=1S/C19H17F3N2O2/c20-19(21,22)14-6-3-4-12(10-14)8-9-23-18(26)16-11-13-5-1-2-7-15(13)17(25)24-16/h1-7,10,16H,8-9,11H2,(H,23,26)(H,24,25)/t16-/m0/s1. The minimum absolute atomic E-state index is 0.189. The Bertz CT molecular complexity index is 834. The van der Waals surface area contributed by atoms with Crippen LogP contribution in [-0.4, -0.2) is 24.4 Å². The Morgan fingerprint density at radius 3 is 2.69 bits per heavy atom. The Morgan fingerprint density at radius 2 is 1.92 bits per heavy atom. The van der Waals surface area contributed by atoms with Gasteiger partial charge in [0.25, 0.3) is 5.91 Å². The molecule has 0 radical (unpaired) electrons. The molecule has 0 aromatic heterocycles. The first-order valence-electron chi connectivity index (χ1n) is 8.17. The van der Waals surface area contributed by atoms with Crippen LogP contribution in [0.2, 0.25) is 0 Å². The SMILES string of the molecule is O=C1N[C@H](C(=O)NCCc2cccc(C(F)(F)F)c2)Cc2ccccc21. The maximum absolute atomic E-state index is 12.7. The average molecular weight is 362 g/mol. The summed E-state index contributed by atoms with van der Waals surface area (Å²) in [6, 6.07) is 11.4. The van der Waals surface area contributed by atoms with Crippen LogP contribution in [0.25, 0.3) is 0 Å². The zero-order valence-electron chi connectivity index (χ0n) is 13.8. The topological polar surface area (TPSA) is 58.2 Å². The van der Waals surface area contributed by atoms with E-state index in [1.54, 1.807) is 30.3 Å². The van der Waals surface area contributed by atoms with Gasteiger partial charge in [-0.05, 0) is 29.7 Å². The van der Waals surface area contributed by atoms with Crippen molar-refractivity contribution < 1.29 is 22.8 Å². The normalized spacial score (nSPS) is 16.6. The molecule has 1 aliphatic rings. The predicted molar refractivity (Wildman–Crippen MR) is 89.6 cm³/mol. The summed E-state index contributed by atoms with van der Waals surface area (Å²) in [6.45, 7) is 0.189. The van der Waals surface area contributed by atoms with Gasteiger partial charge in [-0.1, -0.05) is 36.4 Å². The van der Waals surface area contributed by atoms with Crippen molar-refractivity contribution in [3.63, 3.8) is 0 Å². The second-order valence-electron chi connectivity index (χ2n) is 6.13. The van der Waals surface area contributed by atoms with Crippen molar-refractivity contribution in [1.29, 1.82) is 0 Å². The molecule has 7 heteroatoms.